The summed E-state index contributed by atoms with van der Waals surface area (Å²) in [5.41, 5.74) is 1.10. The van der Waals surface area contributed by atoms with Gasteiger partial charge in [-0.25, -0.2) is 9.37 Å². The summed E-state index contributed by atoms with van der Waals surface area (Å²) in [6.07, 6.45) is 1.17. The molecule has 3 N–H and O–H groups in total. The van der Waals surface area contributed by atoms with Crippen LogP contribution >= 0.6 is 11.6 Å². The molecule has 3 aromatic rings. The van der Waals surface area contributed by atoms with Gasteiger partial charge in [-0.1, -0.05) is 0 Å². The topological polar surface area (TPSA) is 105 Å². The van der Waals surface area contributed by atoms with E-state index in [2.05, 4.69) is 39.8 Å². The molecule has 33 heavy (non-hydrogen) atoms. The van der Waals surface area contributed by atoms with E-state index in [1.807, 2.05) is 4.90 Å². The van der Waals surface area contributed by atoms with Gasteiger partial charge >= 0.3 is 0 Å². The maximum absolute atomic E-state index is 14.4. The fourth-order valence-corrected chi connectivity index (χ4v) is 3.88. The molecule has 1 aliphatic heterocycles. The number of hydrogen-bond donors (Lipinski definition) is 3. The maximum atomic E-state index is 14.4. The summed E-state index contributed by atoms with van der Waals surface area (Å²) in [5.74, 6) is -0.324. The van der Waals surface area contributed by atoms with E-state index in [0.29, 0.717) is 17.3 Å². The van der Waals surface area contributed by atoms with Crippen LogP contribution in [-0.2, 0) is 0 Å². The van der Waals surface area contributed by atoms with Crippen LogP contribution in [0.1, 0.15) is 24.4 Å². The van der Waals surface area contributed by atoms with Crippen molar-refractivity contribution in [3.63, 3.8) is 0 Å². The summed E-state index contributed by atoms with van der Waals surface area (Å²) in [6, 6.07) is 8.68. The van der Waals surface area contributed by atoms with Gasteiger partial charge in [-0.15, -0.1) is 0 Å². The number of nitrogens with one attached hydrogen (secondary N) is 3. The fourth-order valence-electron chi connectivity index (χ4n) is 3.71. The Kier molecular flexibility index (Phi) is 6.66. The van der Waals surface area contributed by atoms with E-state index in [4.69, 9.17) is 20.8 Å². The van der Waals surface area contributed by atoms with Crippen LogP contribution in [0.15, 0.2) is 40.9 Å². The molecule has 0 unspecified atom stereocenters. The number of nitrogens with zero attached hydrogens (tertiary/aromatic N) is 3. The van der Waals surface area contributed by atoms with Crippen molar-refractivity contribution < 1.29 is 18.3 Å². The van der Waals surface area contributed by atoms with Crippen LogP contribution in [0.5, 0.6) is 5.75 Å². The molecule has 2 atom stereocenters. The molecule has 0 saturated carbocycles. The first-order valence-corrected chi connectivity index (χ1v) is 10.8. The average Bonchev–Trinajstić information content (AvgIpc) is 3.17. The monoisotopic (exact) mass is 474 g/mol. The van der Waals surface area contributed by atoms with Crippen LogP contribution in [0.25, 0.3) is 0 Å². The molecule has 0 spiro atoms. The third kappa shape index (κ3) is 5.35. The quantitative estimate of drug-likeness (QED) is 0.491. The fraction of sp³-hybridized carbons (Fsp3) is 0.318. The van der Waals surface area contributed by atoms with Crippen LogP contribution in [0.2, 0.25) is 5.22 Å². The predicted molar refractivity (Wildman–Crippen MR) is 124 cm³/mol. The van der Waals surface area contributed by atoms with Crippen molar-refractivity contribution in [2.75, 3.05) is 35.7 Å². The summed E-state index contributed by atoms with van der Waals surface area (Å²) in [4.78, 5) is 23.0. The molecule has 1 fully saturated rings. The van der Waals surface area contributed by atoms with Crippen molar-refractivity contribution in [2.45, 2.75) is 25.9 Å². The van der Waals surface area contributed by atoms with Crippen molar-refractivity contribution >= 4 is 40.6 Å². The Hall–Kier alpha value is -3.37. The summed E-state index contributed by atoms with van der Waals surface area (Å²) in [6.45, 7) is 5.63. The van der Waals surface area contributed by atoms with Crippen LogP contribution in [0, 0.1) is 5.82 Å². The van der Waals surface area contributed by atoms with Gasteiger partial charge in [0, 0.05) is 42.6 Å². The second-order valence-electron chi connectivity index (χ2n) is 7.84. The molecule has 2 aromatic heterocycles. The van der Waals surface area contributed by atoms with E-state index in [1.165, 1.54) is 19.4 Å². The van der Waals surface area contributed by atoms with Crippen molar-refractivity contribution in [1.82, 2.24) is 15.3 Å². The molecule has 0 bridgehead atoms. The van der Waals surface area contributed by atoms with Crippen molar-refractivity contribution in [3.05, 3.63) is 53.3 Å². The van der Waals surface area contributed by atoms with E-state index in [0.717, 1.165) is 13.1 Å². The minimum absolute atomic E-state index is 0.0307. The number of benzene rings is 1. The molecule has 0 radical (unpaired) electrons. The molecule has 9 nitrogen and oxygen atoms in total. The summed E-state index contributed by atoms with van der Waals surface area (Å²) < 4.78 is 24.6. The number of amides is 1. The SMILES string of the molecule is COc1cc(Cl)oc1C(=O)Nc1ccc(Nc2nc(N3C[C@@H](C)N[C@@H](C)C3)ncc2F)cc1. The number of rotatable bonds is 6. The number of anilines is 4. The Bertz CT molecular complexity index is 1130. The number of piperazine rings is 1. The van der Waals surface area contributed by atoms with Crippen LogP contribution < -0.4 is 25.6 Å². The molecule has 1 saturated heterocycles. The highest BCUT2D eigenvalue weighted by Crippen LogP contribution is 2.28. The number of carbonyl (C=O) groups is 1. The number of furan rings is 1. The Morgan fingerprint density at radius 2 is 1.91 bits per heavy atom. The smallest absolute Gasteiger partial charge is 0.295 e. The normalized spacial score (nSPS) is 18.2. The minimum Gasteiger partial charge on any atom is -0.492 e. The van der Waals surface area contributed by atoms with E-state index in [1.54, 1.807) is 24.3 Å². The zero-order valence-electron chi connectivity index (χ0n) is 18.4. The van der Waals surface area contributed by atoms with E-state index in [-0.39, 0.29) is 34.6 Å². The highest BCUT2D eigenvalue weighted by atomic mass is 35.5. The Morgan fingerprint density at radius 1 is 1.24 bits per heavy atom. The first-order chi connectivity index (χ1) is 15.8. The first kappa shape index (κ1) is 22.8. The maximum Gasteiger partial charge on any atom is 0.295 e. The van der Waals surface area contributed by atoms with E-state index >= 15 is 0 Å². The number of methoxy groups -OCH3 is 1. The predicted octanol–water partition coefficient (Wildman–Crippen LogP) is 4.05. The third-order valence-corrected chi connectivity index (χ3v) is 5.26. The second-order valence-corrected chi connectivity index (χ2v) is 8.22. The number of ether oxygens (including phenoxy) is 1. The molecule has 3 heterocycles. The van der Waals surface area contributed by atoms with Gasteiger partial charge in [0.15, 0.2) is 22.6 Å². The molecule has 0 aliphatic carbocycles. The molecule has 1 amide bonds. The van der Waals surface area contributed by atoms with Gasteiger partial charge in [0.1, 0.15) is 0 Å². The van der Waals surface area contributed by atoms with Crippen molar-refractivity contribution in [1.29, 1.82) is 0 Å². The molecule has 174 valence electrons. The van der Waals surface area contributed by atoms with Gasteiger partial charge in [-0.3, -0.25) is 4.79 Å². The Labute approximate surface area is 195 Å². The van der Waals surface area contributed by atoms with E-state index in [9.17, 15) is 9.18 Å². The minimum atomic E-state index is -0.561. The van der Waals surface area contributed by atoms with Crippen LogP contribution in [0.3, 0.4) is 0 Å². The van der Waals surface area contributed by atoms with Crippen molar-refractivity contribution in [2.24, 2.45) is 0 Å². The molecule has 1 aromatic carbocycles. The summed E-state index contributed by atoms with van der Waals surface area (Å²) >= 11 is 5.79. The van der Waals surface area contributed by atoms with Crippen LogP contribution in [0.4, 0.5) is 27.5 Å². The lowest BCUT2D eigenvalue weighted by Crippen LogP contribution is -2.54. The molecular weight excluding hydrogens is 451 g/mol. The zero-order chi connectivity index (χ0) is 23.5. The zero-order valence-corrected chi connectivity index (χ0v) is 19.1. The lowest BCUT2D eigenvalue weighted by atomic mass is 10.1. The lowest BCUT2D eigenvalue weighted by molar-refractivity contribution is 0.0992. The number of halogens is 2. The van der Waals surface area contributed by atoms with Crippen molar-refractivity contribution in [3.8, 4) is 5.75 Å². The lowest BCUT2D eigenvalue weighted by Gasteiger charge is -2.36. The van der Waals surface area contributed by atoms with Gasteiger partial charge in [-0.05, 0) is 49.7 Å². The number of carbonyl (C=O) groups excluding carboxylic acids is 1. The number of aromatic nitrogens is 2. The third-order valence-electron chi connectivity index (χ3n) is 5.07. The highest BCUT2D eigenvalue weighted by Gasteiger charge is 2.24. The standard InChI is InChI=1S/C22H24ClFN6O3/c1-12-10-30(11-13(2)26-12)22-25-9-16(24)20(29-22)27-14-4-6-15(7-5-14)28-21(31)19-17(32-3)8-18(23)33-19/h4-9,12-13,26H,10-11H2,1-3H3,(H,28,31)(H,25,27,29)/t12-,13+. The van der Waals surface area contributed by atoms with Gasteiger partial charge in [0.25, 0.3) is 5.91 Å². The van der Waals surface area contributed by atoms with Gasteiger partial charge in [0.05, 0.1) is 13.3 Å². The average molecular weight is 475 g/mol. The molecule has 1 aliphatic rings. The number of hydrogen-bond acceptors (Lipinski definition) is 8. The molecule has 11 heteroatoms. The highest BCUT2D eigenvalue weighted by molar-refractivity contribution is 6.29. The van der Waals surface area contributed by atoms with E-state index < -0.39 is 11.7 Å². The largest absolute Gasteiger partial charge is 0.492 e. The summed E-state index contributed by atoms with van der Waals surface area (Å²) in [5, 5.41) is 9.16. The Morgan fingerprint density at radius 3 is 2.58 bits per heavy atom. The van der Waals surface area contributed by atoms with Crippen LogP contribution in [-0.4, -0.2) is 48.2 Å². The molecular formula is C22H24ClFN6O3. The Balaban J connectivity index is 1.45. The van der Waals surface area contributed by atoms with Gasteiger partial charge in [-0.2, -0.15) is 4.98 Å². The van der Waals surface area contributed by atoms with Gasteiger partial charge < -0.3 is 30.0 Å². The second kappa shape index (κ2) is 9.63. The summed E-state index contributed by atoms with van der Waals surface area (Å²) in [7, 11) is 1.42. The van der Waals surface area contributed by atoms with Gasteiger partial charge in [0.2, 0.25) is 11.7 Å². The molecule has 4 rings (SSSR count). The first-order valence-electron chi connectivity index (χ1n) is 10.4.